The zero-order valence-corrected chi connectivity index (χ0v) is 13.5. The largest absolute Gasteiger partial charge is 0.380 e. The van der Waals surface area contributed by atoms with Gasteiger partial charge in [0.1, 0.15) is 0 Å². The van der Waals surface area contributed by atoms with Crippen LogP contribution >= 0.6 is 0 Å². The molecule has 1 amide bonds. The maximum atomic E-state index is 13.0. The number of carbonyl (C=O) groups excluding carboxylic acids is 1. The van der Waals surface area contributed by atoms with Gasteiger partial charge in [-0.2, -0.15) is 0 Å². The van der Waals surface area contributed by atoms with Crippen molar-refractivity contribution < 1.29 is 9.53 Å². The van der Waals surface area contributed by atoms with Crippen LogP contribution in [-0.2, 0) is 9.53 Å². The molecule has 0 aromatic heterocycles. The van der Waals surface area contributed by atoms with Gasteiger partial charge < -0.3 is 9.64 Å². The van der Waals surface area contributed by atoms with E-state index in [4.69, 9.17) is 4.74 Å². The number of ether oxygens (including phenoxy) is 1. The Labute approximate surface area is 128 Å². The fourth-order valence-electron chi connectivity index (χ4n) is 4.18. The Morgan fingerprint density at radius 3 is 2.81 bits per heavy atom. The third kappa shape index (κ3) is 3.26. The van der Waals surface area contributed by atoms with E-state index in [1.165, 1.54) is 25.7 Å². The van der Waals surface area contributed by atoms with Crippen molar-refractivity contribution in [1.29, 1.82) is 0 Å². The van der Waals surface area contributed by atoms with Crippen LogP contribution in [0.15, 0.2) is 0 Å². The summed E-state index contributed by atoms with van der Waals surface area (Å²) in [6.45, 7) is 8.64. The summed E-state index contributed by atoms with van der Waals surface area (Å²) in [5, 5.41) is 0. The van der Waals surface area contributed by atoms with Gasteiger partial charge in [-0.05, 0) is 51.5 Å². The van der Waals surface area contributed by atoms with E-state index in [-0.39, 0.29) is 5.41 Å². The van der Waals surface area contributed by atoms with Crippen molar-refractivity contribution in [1.82, 2.24) is 9.80 Å². The van der Waals surface area contributed by atoms with E-state index in [9.17, 15) is 4.79 Å². The van der Waals surface area contributed by atoms with E-state index in [0.29, 0.717) is 5.91 Å². The van der Waals surface area contributed by atoms with Gasteiger partial charge in [0, 0.05) is 32.8 Å². The number of rotatable bonds is 6. The van der Waals surface area contributed by atoms with E-state index in [1.54, 1.807) is 0 Å². The van der Waals surface area contributed by atoms with Gasteiger partial charge in [0.05, 0.1) is 12.0 Å². The van der Waals surface area contributed by atoms with E-state index >= 15 is 0 Å². The first-order chi connectivity index (χ1) is 10.2. The molecule has 3 aliphatic rings. The second-order valence-corrected chi connectivity index (χ2v) is 7.16. The van der Waals surface area contributed by atoms with Gasteiger partial charge in [0.15, 0.2) is 0 Å². The highest BCUT2D eigenvalue weighted by Crippen LogP contribution is 2.41. The van der Waals surface area contributed by atoms with Gasteiger partial charge in [-0.1, -0.05) is 6.42 Å². The summed E-state index contributed by atoms with van der Waals surface area (Å²) in [5.41, 5.74) is -0.0613. The lowest BCUT2D eigenvalue weighted by Gasteiger charge is -2.42. The minimum Gasteiger partial charge on any atom is -0.380 e. The lowest BCUT2D eigenvalue weighted by atomic mass is 9.77. The molecule has 1 unspecified atom stereocenters. The van der Waals surface area contributed by atoms with Gasteiger partial charge in [0.2, 0.25) is 5.91 Å². The summed E-state index contributed by atoms with van der Waals surface area (Å²) in [5.74, 6) is 1.25. The lowest BCUT2D eigenvalue weighted by Crippen LogP contribution is -2.51. The highest BCUT2D eigenvalue weighted by molar-refractivity contribution is 5.84. The highest BCUT2D eigenvalue weighted by Gasteiger charge is 2.48. The van der Waals surface area contributed by atoms with Crippen molar-refractivity contribution in [3.05, 3.63) is 0 Å². The Hall–Kier alpha value is -0.610. The predicted molar refractivity (Wildman–Crippen MR) is 83.1 cm³/mol. The molecule has 2 saturated heterocycles. The zero-order chi connectivity index (χ0) is 14.7. The molecule has 2 aliphatic heterocycles. The Morgan fingerprint density at radius 1 is 1.24 bits per heavy atom. The summed E-state index contributed by atoms with van der Waals surface area (Å²) in [4.78, 5) is 17.6. The maximum Gasteiger partial charge on any atom is 0.230 e. The monoisotopic (exact) mass is 294 g/mol. The second-order valence-electron chi connectivity index (χ2n) is 7.16. The Kier molecular flexibility index (Phi) is 4.85. The number of hydrogen-bond donors (Lipinski definition) is 0. The average Bonchev–Trinajstić information content (AvgIpc) is 2.83. The summed E-state index contributed by atoms with van der Waals surface area (Å²) < 4.78 is 5.46. The number of piperidine rings is 1. The maximum absolute atomic E-state index is 13.0. The van der Waals surface area contributed by atoms with Crippen LogP contribution < -0.4 is 0 Å². The van der Waals surface area contributed by atoms with Gasteiger partial charge >= 0.3 is 0 Å². The van der Waals surface area contributed by atoms with E-state index < -0.39 is 0 Å². The number of amides is 1. The Morgan fingerprint density at radius 2 is 2.10 bits per heavy atom. The summed E-state index contributed by atoms with van der Waals surface area (Å²) in [7, 11) is 0. The Balaban J connectivity index is 1.55. The smallest absolute Gasteiger partial charge is 0.230 e. The van der Waals surface area contributed by atoms with Crippen LogP contribution in [0.5, 0.6) is 0 Å². The van der Waals surface area contributed by atoms with Gasteiger partial charge in [0.25, 0.3) is 0 Å². The number of hydrogen-bond acceptors (Lipinski definition) is 3. The summed E-state index contributed by atoms with van der Waals surface area (Å²) in [6, 6.07) is 0. The lowest BCUT2D eigenvalue weighted by molar-refractivity contribution is -0.146. The Bertz CT molecular complexity index is 370. The molecular weight excluding hydrogens is 264 g/mol. The fraction of sp³-hybridized carbons (Fsp3) is 0.941. The first-order valence-electron chi connectivity index (χ1n) is 8.83. The molecule has 3 rings (SSSR count). The molecule has 2 heterocycles. The molecule has 4 heteroatoms. The van der Waals surface area contributed by atoms with E-state index in [0.717, 1.165) is 64.7 Å². The van der Waals surface area contributed by atoms with Crippen molar-refractivity contribution >= 4 is 5.91 Å². The minimum atomic E-state index is -0.0613. The molecule has 0 aromatic rings. The van der Waals surface area contributed by atoms with Crippen LogP contribution in [0.4, 0.5) is 0 Å². The molecule has 0 N–H and O–H groups in total. The van der Waals surface area contributed by atoms with Crippen molar-refractivity contribution in [3.63, 3.8) is 0 Å². The highest BCUT2D eigenvalue weighted by atomic mass is 16.5. The molecule has 0 aromatic carbocycles. The second kappa shape index (κ2) is 6.66. The van der Waals surface area contributed by atoms with Crippen molar-refractivity contribution in [2.45, 2.75) is 45.4 Å². The van der Waals surface area contributed by atoms with Crippen LogP contribution in [0.25, 0.3) is 0 Å². The van der Waals surface area contributed by atoms with Crippen LogP contribution in [-0.4, -0.2) is 61.6 Å². The van der Waals surface area contributed by atoms with Gasteiger partial charge in [-0.15, -0.1) is 0 Å². The van der Waals surface area contributed by atoms with Crippen molar-refractivity contribution in [3.8, 4) is 0 Å². The SMILES string of the molecule is CCOCCN1CCC2(CCCN(CC3CCC3)C2=O)C1. The molecule has 4 nitrogen and oxygen atoms in total. The first kappa shape index (κ1) is 15.3. The van der Waals surface area contributed by atoms with Crippen LogP contribution in [0.3, 0.4) is 0 Å². The topological polar surface area (TPSA) is 32.8 Å². The third-order valence-electron chi connectivity index (χ3n) is 5.72. The predicted octanol–water partition coefficient (Wildman–Crippen LogP) is 2.14. The van der Waals surface area contributed by atoms with E-state index in [2.05, 4.69) is 9.80 Å². The van der Waals surface area contributed by atoms with E-state index in [1.807, 2.05) is 6.92 Å². The molecular formula is C17H30N2O2. The average molecular weight is 294 g/mol. The summed E-state index contributed by atoms with van der Waals surface area (Å²) in [6.07, 6.45) is 7.37. The van der Waals surface area contributed by atoms with Crippen LogP contribution in [0, 0.1) is 11.3 Å². The molecule has 1 saturated carbocycles. The quantitative estimate of drug-likeness (QED) is 0.704. The molecule has 0 radical (unpaired) electrons. The normalized spacial score (nSPS) is 31.1. The van der Waals surface area contributed by atoms with Crippen LogP contribution in [0.2, 0.25) is 0 Å². The zero-order valence-electron chi connectivity index (χ0n) is 13.5. The summed E-state index contributed by atoms with van der Waals surface area (Å²) >= 11 is 0. The molecule has 120 valence electrons. The molecule has 1 aliphatic carbocycles. The number of nitrogens with zero attached hydrogens (tertiary/aromatic N) is 2. The number of likely N-dealkylation sites (tertiary alicyclic amines) is 2. The standard InChI is InChI=1S/C17H30N2O2/c1-2-21-12-11-18-10-8-17(14-18)7-4-9-19(16(17)20)13-15-5-3-6-15/h15H,2-14H2,1H3. The third-order valence-corrected chi connectivity index (χ3v) is 5.72. The molecule has 1 spiro atoms. The van der Waals surface area contributed by atoms with Gasteiger partial charge in [-0.3, -0.25) is 9.69 Å². The minimum absolute atomic E-state index is 0.0613. The molecule has 0 bridgehead atoms. The fourth-order valence-corrected chi connectivity index (χ4v) is 4.18. The molecule has 21 heavy (non-hydrogen) atoms. The van der Waals surface area contributed by atoms with Crippen molar-refractivity contribution in [2.75, 3.05) is 45.9 Å². The number of carbonyl (C=O) groups is 1. The molecule has 3 fully saturated rings. The van der Waals surface area contributed by atoms with Crippen molar-refractivity contribution in [2.24, 2.45) is 11.3 Å². The first-order valence-corrected chi connectivity index (χ1v) is 8.83. The van der Waals surface area contributed by atoms with Gasteiger partial charge in [-0.25, -0.2) is 0 Å². The molecule has 1 atom stereocenters. The van der Waals surface area contributed by atoms with Crippen LogP contribution in [0.1, 0.15) is 45.4 Å².